The zero-order valence-corrected chi connectivity index (χ0v) is 10.7. The molecule has 2 N–H and O–H groups in total. The second kappa shape index (κ2) is 6.49. The van der Waals surface area contributed by atoms with Gasteiger partial charge in [-0.3, -0.25) is 0 Å². The normalized spacial score (nSPS) is 27.6. The quantitative estimate of drug-likeness (QED) is 0.758. The van der Waals surface area contributed by atoms with Crippen molar-refractivity contribution in [3.05, 3.63) is 0 Å². The van der Waals surface area contributed by atoms with Crippen molar-refractivity contribution in [2.45, 2.75) is 52.5 Å². The van der Waals surface area contributed by atoms with Crippen molar-refractivity contribution in [2.75, 3.05) is 19.6 Å². The van der Waals surface area contributed by atoms with Crippen LogP contribution in [0, 0.1) is 11.8 Å². The summed E-state index contributed by atoms with van der Waals surface area (Å²) in [5.41, 5.74) is 5.65. The fourth-order valence-corrected chi connectivity index (χ4v) is 2.64. The van der Waals surface area contributed by atoms with Crippen LogP contribution in [-0.2, 0) is 0 Å². The van der Waals surface area contributed by atoms with E-state index in [4.69, 9.17) is 5.73 Å². The molecular weight excluding hydrogens is 184 g/mol. The molecule has 3 atom stereocenters. The first-order chi connectivity index (χ1) is 7.19. The van der Waals surface area contributed by atoms with E-state index in [2.05, 4.69) is 25.7 Å². The molecule has 0 spiro atoms. The van der Waals surface area contributed by atoms with Gasteiger partial charge in [-0.05, 0) is 51.1 Å². The number of hydrogen-bond donors (Lipinski definition) is 1. The van der Waals surface area contributed by atoms with Gasteiger partial charge in [0.2, 0.25) is 0 Å². The summed E-state index contributed by atoms with van der Waals surface area (Å²) in [5, 5.41) is 0. The lowest BCUT2D eigenvalue weighted by atomic mass is 9.91. The van der Waals surface area contributed by atoms with Gasteiger partial charge in [0.15, 0.2) is 0 Å². The average molecular weight is 212 g/mol. The number of nitrogens with two attached hydrogens (primary N) is 1. The Bertz CT molecular complexity index is 168. The van der Waals surface area contributed by atoms with E-state index in [0.717, 1.165) is 24.4 Å². The molecule has 0 bridgehead atoms. The second-order valence-electron chi connectivity index (χ2n) is 5.21. The van der Waals surface area contributed by atoms with Crippen LogP contribution >= 0.6 is 0 Å². The molecule has 1 aliphatic heterocycles. The molecule has 1 saturated heterocycles. The van der Waals surface area contributed by atoms with Crippen molar-refractivity contribution in [3.63, 3.8) is 0 Å². The molecule has 1 rings (SSSR count). The van der Waals surface area contributed by atoms with Crippen LogP contribution in [0.15, 0.2) is 0 Å². The van der Waals surface area contributed by atoms with Crippen LogP contribution in [0.25, 0.3) is 0 Å². The Hall–Kier alpha value is -0.0800. The number of piperidine rings is 1. The summed E-state index contributed by atoms with van der Waals surface area (Å²) in [4.78, 5) is 2.68. The lowest BCUT2D eigenvalue weighted by molar-refractivity contribution is 0.0975. The lowest BCUT2D eigenvalue weighted by Gasteiger charge is -2.39. The largest absolute Gasteiger partial charge is 0.330 e. The topological polar surface area (TPSA) is 29.3 Å². The van der Waals surface area contributed by atoms with Gasteiger partial charge in [-0.15, -0.1) is 0 Å². The van der Waals surface area contributed by atoms with E-state index in [0.29, 0.717) is 0 Å². The van der Waals surface area contributed by atoms with E-state index >= 15 is 0 Å². The van der Waals surface area contributed by atoms with Crippen molar-refractivity contribution in [2.24, 2.45) is 17.6 Å². The van der Waals surface area contributed by atoms with Crippen LogP contribution in [0.1, 0.15) is 46.5 Å². The molecule has 0 saturated carbocycles. The maximum Gasteiger partial charge on any atom is 0.00925 e. The monoisotopic (exact) mass is 212 g/mol. The highest BCUT2D eigenvalue weighted by Crippen LogP contribution is 2.24. The predicted molar refractivity (Wildman–Crippen MR) is 66.9 cm³/mol. The fourth-order valence-electron chi connectivity index (χ4n) is 2.64. The molecule has 0 aromatic carbocycles. The first kappa shape index (κ1) is 13.0. The third-order valence-corrected chi connectivity index (χ3v) is 4.17. The lowest BCUT2D eigenvalue weighted by Crippen LogP contribution is -2.44. The van der Waals surface area contributed by atoms with E-state index in [1.165, 1.54) is 38.8 Å². The Morgan fingerprint density at radius 2 is 2.13 bits per heavy atom. The number of rotatable bonds is 5. The van der Waals surface area contributed by atoms with Crippen LogP contribution in [0.2, 0.25) is 0 Å². The molecular formula is C13H28N2. The van der Waals surface area contributed by atoms with Gasteiger partial charge < -0.3 is 10.6 Å². The van der Waals surface area contributed by atoms with Crippen LogP contribution in [0.5, 0.6) is 0 Å². The summed E-state index contributed by atoms with van der Waals surface area (Å²) in [6.45, 7) is 10.5. The molecule has 0 aromatic heterocycles. The third-order valence-electron chi connectivity index (χ3n) is 4.17. The van der Waals surface area contributed by atoms with Gasteiger partial charge in [-0.25, -0.2) is 0 Å². The van der Waals surface area contributed by atoms with Crippen molar-refractivity contribution < 1.29 is 0 Å². The Morgan fingerprint density at radius 3 is 2.73 bits per heavy atom. The van der Waals surface area contributed by atoms with Crippen LogP contribution < -0.4 is 5.73 Å². The van der Waals surface area contributed by atoms with Crippen molar-refractivity contribution >= 4 is 0 Å². The molecule has 3 unspecified atom stereocenters. The molecule has 0 aliphatic carbocycles. The van der Waals surface area contributed by atoms with Crippen molar-refractivity contribution in [3.8, 4) is 0 Å². The van der Waals surface area contributed by atoms with Crippen LogP contribution in [0.3, 0.4) is 0 Å². The second-order valence-corrected chi connectivity index (χ2v) is 5.21. The standard InChI is InChI=1S/C13H28N2/c1-4-11(2)12(3)15-9-5-6-13(10-15)7-8-14/h11-13H,4-10,14H2,1-3H3. The molecule has 15 heavy (non-hydrogen) atoms. The molecule has 1 fully saturated rings. The van der Waals surface area contributed by atoms with Gasteiger partial charge in [0, 0.05) is 12.6 Å². The van der Waals surface area contributed by atoms with E-state index in [1.807, 2.05) is 0 Å². The molecule has 2 heteroatoms. The van der Waals surface area contributed by atoms with Crippen LogP contribution in [-0.4, -0.2) is 30.6 Å². The zero-order valence-electron chi connectivity index (χ0n) is 10.7. The number of hydrogen-bond acceptors (Lipinski definition) is 2. The summed E-state index contributed by atoms with van der Waals surface area (Å²) in [6.07, 6.45) is 5.26. The minimum atomic E-state index is 0.746. The highest BCUT2D eigenvalue weighted by atomic mass is 15.2. The average Bonchev–Trinajstić information content (AvgIpc) is 2.28. The zero-order chi connectivity index (χ0) is 11.3. The summed E-state index contributed by atoms with van der Waals surface area (Å²) < 4.78 is 0. The Kier molecular flexibility index (Phi) is 5.62. The SMILES string of the molecule is CCC(C)C(C)N1CCCC(CCN)C1. The predicted octanol–water partition coefficient (Wildman–Crippen LogP) is 2.48. The minimum absolute atomic E-state index is 0.746. The smallest absolute Gasteiger partial charge is 0.00925 e. The number of nitrogens with zero attached hydrogens (tertiary/aromatic N) is 1. The minimum Gasteiger partial charge on any atom is -0.330 e. The molecule has 2 nitrogen and oxygen atoms in total. The number of likely N-dealkylation sites (tertiary alicyclic amines) is 1. The van der Waals surface area contributed by atoms with Gasteiger partial charge in [0.05, 0.1) is 0 Å². The van der Waals surface area contributed by atoms with Gasteiger partial charge >= 0.3 is 0 Å². The fraction of sp³-hybridized carbons (Fsp3) is 1.00. The summed E-state index contributed by atoms with van der Waals surface area (Å²) in [7, 11) is 0. The molecule has 1 heterocycles. The van der Waals surface area contributed by atoms with Gasteiger partial charge in [-0.1, -0.05) is 20.3 Å². The van der Waals surface area contributed by atoms with E-state index in [9.17, 15) is 0 Å². The third kappa shape index (κ3) is 3.76. The maximum absolute atomic E-state index is 5.65. The molecule has 1 aliphatic rings. The van der Waals surface area contributed by atoms with Gasteiger partial charge in [-0.2, -0.15) is 0 Å². The highest BCUT2D eigenvalue weighted by molar-refractivity contribution is 4.79. The summed E-state index contributed by atoms with van der Waals surface area (Å²) in [5.74, 6) is 1.68. The Labute approximate surface area is 95.2 Å². The summed E-state index contributed by atoms with van der Waals surface area (Å²) in [6, 6.07) is 0.746. The van der Waals surface area contributed by atoms with Gasteiger partial charge in [0.1, 0.15) is 0 Å². The summed E-state index contributed by atoms with van der Waals surface area (Å²) >= 11 is 0. The van der Waals surface area contributed by atoms with Crippen molar-refractivity contribution in [1.82, 2.24) is 4.90 Å². The van der Waals surface area contributed by atoms with E-state index < -0.39 is 0 Å². The Balaban J connectivity index is 2.41. The van der Waals surface area contributed by atoms with Gasteiger partial charge in [0.25, 0.3) is 0 Å². The highest BCUT2D eigenvalue weighted by Gasteiger charge is 2.25. The maximum atomic E-state index is 5.65. The first-order valence-electron chi connectivity index (χ1n) is 6.63. The molecule has 90 valence electrons. The Morgan fingerprint density at radius 1 is 1.40 bits per heavy atom. The van der Waals surface area contributed by atoms with E-state index in [-0.39, 0.29) is 0 Å². The van der Waals surface area contributed by atoms with E-state index in [1.54, 1.807) is 0 Å². The van der Waals surface area contributed by atoms with Crippen molar-refractivity contribution in [1.29, 1.82) is 0 Å². The molecule has 0 amide bonds. The first-order valence-corrected chi connectivity index (χ1v) is 6.63. The van der Waals surface area contributed by atoms with Crippen LogP contribution in [0.4, 0.5) is 0 Å². The molecule has 0 radical (unpaired) electrons. The molecule has 0 aromatic rings.